The van der Waals surface area contributed by atoms with E-state index in [1.807, 2.05) is 19.9 Å². The summed E-state index contributed by atoms with van der Waals surface area (Å²) in [5, 5.41) is 18.8. The van der Waals surface area contributed by atoms with E-state index in [4.69, 9.17) is 15.7 Å². The van der Waals surface area contributed by atoms with E-state index in [1.165, 1.54) is 0 Å². The summed E-state index contributed by atoms with van der Waals surface area (Å²) >= 11 is 0. The number of hydrogen-bond acceptors (Lipinski definition) is 5. The maximum atomic E-state index is 11.0. The van der Waals surface area contributed by atoms with Crippen LogP contribution in [0.1, 0.15) is 19.4 Å². The number of carbonyl (C=O) groups is 1. The molecule has 0 bridgehead atoms. The van der Waals surface area contributed by atoms with Crippen LogP contribution in [0, 0.1) is 11.3 Å². The van der Waals surface area contributed by atoms with Crippen molar-refractivity contribution in [2.75, 3.05) is 19.7 Å². The quantitative estimate of drug-likeness (QED) is 0.726. The highest BCUT2D eigenvalue weighted by molar-refractivity contribution is 5.75. The van der Waals surface area contributed by atoms with Gasteiger partial charge in [-0.1, -0.05) is 6.07 Å². The van der Waals surface area contributed by atoms with Gasteiger partial charge in [0.1, 0.15) is 18.5 Å². The molecule has 0 saturated carbocycles. The third-order valence-corrected chi connectivity index (χ3v) is 2.94. The second-order valence-corrected chi connectivity index (χ2v) is 5.09. The van der Waals surface area contributed by atoms with E-state index < -0.39 is 12.0 Å². The van der Waals surface area contributed by atoms with E-state index in [9.17, 15) is 9.90 Å². The van der Waals surface area contributed by atoms with Gasteiger partial charge in [0.25, 0.3) is 0 Å². The van der Waals surface area contributed by atoms with Crippen molar-refractivity contribution in [1.29, 1.82) is 5.26 Å². The van der Waals surface area contributed by atoms with Crippen LogP contribution in [-0.4, -0.2) is 47.8 Å². The minimum Gasteiger partial charge on any atom is -0.491 e. The first-order valence-corrected chi connectivity index (χ1v) is 6.75. The molecule has 0 aliphatic heterocycles. The predicted octanol–water partition coefficient (Wildman–Crippen LogP) is 0.494. The van der Waals surface area contributed by atoms with Crippen molar-refractivity contribution in [3.05, 3.63) is 29.8 Å². The smallest absolute Gasteiger partial charge is 0.231 e. The number of aliphatic hydroxyl groups is 1. The highest BCUT2D eigenvalue weighted by Crippen LogP contribution is 2.13. The second-order valence-electron chi connectivity index (χ2n) is 5.09. The first-order valence-electron chi connectivity index (χ1n) is 6.75. The Labute approximate surface area is 124 Å². The molecule has 0 radical (unpaired) electrons. The van der Waals surface area contributed by atoms with Crippen LogP contribution in [0.15, 0.2) is 24.3 Å². The summed E-state index contributed by atoms with van der Waals surface area (Å²) in [5.41, 5.74) is 5.68. The molecule has 1 unspecified atom stereocenters. The number of ether oxygens (including phenoxy) is 1. The van der Waals surface area contributed by atoms with E-state index >= 15 is 0 Å². The van der Waals surface area contributed by atoms with Gasteiger partial charge >= 0.3 is 0 Å². The average molecular weight is 291 g/mol. The third kappa shape index (κ3) is 6.25. The zero-order valence-electron chi connectivity index (χ0n) is 12.3. The lowest BCUT2D eigenvalue weighted by Crippen LogP contribution is -2.44. The maximum Gasteiger partial charge on any atom is 0.231 e. The van der Waals surface area contributed by atoms with Crippen LogP contribution in [0.2, 0.25) is 0 Å². The summed E-state index contributed by atoms with van der Waals surface area (Å²) in [6, 6.07) is 8.83. The lowest BCUT2D eigenvalue weighted by Gasteiger charge is -2.27. The van der Waals surface area contributed by atoms with E-state index in [0.717, 1.165) is 0 Å². The minimum absolute atomic E-state index is 0.0802. The fraction of sp³-hybridized carbons (Fsp3) is 0.467. The van der Waals surface area contributed by atoms with Gasteiger partial charge in [-0.15, -0.1) is 0 Å². The van der Waals surface area contributed by atoms with Crippen molar-refractivity contribution >= 4 is 5.91 Å². The van der Waals surface area contributed by atoms with Gasteiger partial charge in [-0.25, -0.2) is 0 Å². The number of nitrogens with zero attached hydrogens (tertiary/aromatic N) is 2. The first-order chi connectivity index (χ1) is 9.92. The molecule has 3 N–H and O–H groups in total. The molecule has 0 aliphatic rings. The number of carbonyl (C=O) groups excluding carboxylic acids is 1. The van der Waals surface area contributed by atoms with Crippen LogP contribution < -0.4 is 10.5 Å². The molecule has 6 nitrogen and oxygen atoms in total. The lowest BCUT2D eigenvalue weighted by atomic mass is 10.2. The van der Waals surface area contributed by atoms with Gasteiger partial charge in [0, 0.05) is 12.6 Å². The molecule has 0 spiro atoms. The SMILES string of the molecule is CC(C)N(CC(N)=O)CC(O)COc1cccc(C#N)c1. The molecule has 0 aliphatic carbocycles. The van der Waals surface area contributed by atoms with Crippen molar-refractivity contribution < 1.29 is 14.6 Å². The number of benzene rings is 1. The van der Waals surface area contributed by atoms with Crippen molar-refractivity contribution in [2.45, 2.75) is 26.0 Å². The van der Waals surface area contributed by atoms with Gasteiger partial charge in [-0.3, -0.25) is 9.69 Å². The van der Waals surface area contributed by atoms with Crippen LogP contribution in [-0.2, 0) is 4.79 Å². The van der Waals surface area contributed by atoms with Gasteiger partial charge in [0.05, 0.1) is 18.2 Å². The van der Waals surface area contributed by atoms with Crippen LogP contribution in [0.3, 0.4) is 0 Å². The largest absolute Gasteiger partial charge is 0.491 e. The van der Waals surface area contributed by atoms with Gasteiger partial charge in [0.15, 0.2) is 0 Å². The van der Waals surface area contributed by atoms with E-state index in [0.29, 0.717) is 17.9 Å². The standard InChI is InChI=1S/C15H21N3O3/c1-11(2)18(9-15(17)20)8-13(19)10-21-14-5-3-4-12(6-14)7-16/h3-6,11,13,19H,8-10H2,1-2H3,(H2,17,20). The van der Waals surface area contributed by atoms with Gasteiger partial charge in [0.2, 0.25) is 5.91 Å². The Morgan fingerprint density at radius 3 is 2.81 bits per heavy atom. The first kappa shape index (κ1) is 17.0. The number of nitrogens with two attached hydrogens (primary N) is 1. The number of nitriles is 1. The number of hydrogen-bond donors (Lipinski definition) is 2. The highest BCUT2D eigenvalue weighted by atomic mass is 16.5. The number of amides is 1. The molecule has 0 heterocycles. The molecular formula is C15H21N3O3. The summed E-state index contributed by atoms with van der Waals surface area (Å²) in [5.74, 6) is 0.0950. The topological polar surface area (TPSA) is 99.6 Å². The molecule has 1 rings (SSSR count). The van der Waals surface area contributed by atoms with Gasteiger partial charge in [-0.2, -0.15) is 5.26 Å². The van der Waals surface area contributed by atoms with E-state index in [-0.39, 0.29) is 19.2 Å². The zero-order chi connectivity index (χ0) is 15.8. The fourth-order valence-electron chi connectivity index (χ4n) is 1.83. The molecular weight excluding hydrogens is 270 g/mol. The van der Waals surface area contributed by atoms with Crippen LogP contribution >= 0.6 is 0 Å². The highest BCUT2D eigenvalue weighted by Gasteiger charge is 2.17. The minimum atomic E-state index is -0.752. The molecule has 6 heteroatoms. The number of primary amides is 1. The molecule has 1 aromatic rings. The molecule has 0 fully saturated rings. The predicted molar refractivity (Wildman–Crippen MR) is 78.6 cm³/mol. The normalized spacial score (nSPS) is 12.2. The second kappa shape index (κ2) is 8.25. The summed E-state index contributed by atoms with van der Waals surface area (Å²) in [6.45, 7) is 4.31. The van der Waals surface area contributed by atoms with Crippen LogP contribution in [0.4, 0.5) is 0 Å². The Morgan fingerprint density at radius 1 is 1.52 bits per heavy atom. The molecule has 114 valence electrons. The lowest BCUT2D eigenvalue weighted by molar-refractivity contribution is -0.120. The molecule has 1 atom stereocenters. The Bertz CT molecular complexity index is 511. The van der Waals surface area contributed by atoms with Crippen molar-refractivity contribution in [1.82, 2.24) is 4.90 Å². The Morgan fingerprint density at radius 2 is 2.24 bits per heavy atom. The van der Waals surface area contributed by atoms with Crippen LogP contribution in [0.5, 0.6) is 5.75 Å². The average Bonchev–Trinajstić information content (AvgIpc) is 2.44. The summed E-state index contributed by atoms with van der Waals surface area (Å²) < 4.78 is 5.45. The molecule has 1 aromatic carbocycles. The fourth-order valence-corrected chi connectivity index (χ4v) is 1.83. The maximum absolute atomic E-state index is 11.0. The zero-order valence-corrected chi connectivity index (χ0v) is 12.3. The van der Waals surface area contributed by atoms with Crippen LogP contribution in [0.25, 0.3) is 0 Å². The summed E-state index contributed by atoms with van der Waals surface area (Å²) in [4.78, 5) is 12.8. The summed E-state index contributed by atoms with van der Waals surface area (Å²) in [7, 11) is 0. The number of aliphatic hydroxyl groups excluding tert-OH is 1. The van der Waals surface area contributed by atoms with Gasteiger partial charge in [-0.05, 0) is 32.0 Å². The van der Waals surface area contributed by atoms with E-state index in [2.05, 4.69) is 0 Å². The van der Waals surface area contributed by atoms with Crippen molar-refractivity contribution in [3.63, 3.8) is 0 Å². The van der Waals surface area contributed by atoms with Gasteiger partial charge < -0.3 is 15.6 Å². The molecule has 0 aromatic heterocycles. The Balaban J connectivity index is 2.50. The Kier molecular flexibility index (Phi) is 6.66. The number of rotatable bonds is 8. The summed E-state index contributed by atoms with van der Waals surface area (Å²) in [6.07, 6.45) is -0.752. The molecule has 21 heavy (non-hydrogen) atoms. The Hall–Kier alpha value is -2.10. The third-order valence-electron chi connectivity index (χ3n) is 2.94. The van der Waals surface area contributed by atoms with Crippen molar-refractivity contribution in [2.24, 2.45) is 5.73 Å². The molecule has 1 amide bonds. The van der Waals surface area contributed by atoms with Crippen molar-refractivity contribution in [3.8, 4) is 11.8 Å². The monoisotopic (exact) mass is 291 g/mol. The molecule has 0 saturated heterocycles. The van der Waals surface area contributed by atoms with E-state index in [1.54, 1.807) is 29.2 Å².